The molecule has 16 heavy (non-hydrogen) atoms. The average molecular weight is 225 g/mol. The molecule has 0 radical (unpaired) electrons. The number of cyclic esters (lactones) is 1. The van der Waals surface area contributed by atoms with Crippen LogP contribution in [0.3, 0.4) is 0 Å². The van der Waals surface area contributed by atoms with E-state index in [0.717, 1.165) is 0 Å². The molecule has 2 heterocycles. The molecule has 1 aromatic heterocycles. The molecule has 0 aliphatic carbocycles. The van der Waals surface area contributed by atoms with E-state index in [1.54, 1.807) is 12.1 Å². The van der Waals surface area contributed by atoms with Crippen LogP contribution in [-0.4, -0.2) is 34.7 Å². The highest BCUT2D eigenvalue weighted by Crippen LogP contribution is 2.15. The summed E-state index contributed by atoms with van der Waals surface area (Å²) < 4.78 is 9.85. The summed E-state index contributed by atoms with van der Waals surface area (Å²) in [7, 11) is 0. The van der Waals surface area contributed by atoms with Crippen LogP contribution in [0.1, 0.15) is 12.2 Å². The molecule has 86 valence electrons. The molecule has 1 aromatic rings. The Hall–Kier alpha value is -1.98. The van der Waals surface area contributed by atoms with Gasteiger partial charge in [0.2, 0.25) is 6.10 Å². The maximum Gasteiger partial charge on any atom is 0.411 e. The van der Waals surface area contributed by atoms with Crippen molar-refractivity contribution in [1.29, 1.82) is 0 Å². The van der Waals surface area contributed by atoms with Crippen molar-refractivity contribution in [2.24, 2.45) is 0 Å². The number of carboxylic acids is 1. The SMILES string of the molecule is O=C(O)C1CCN(Cc2ccco2)C(=O)O1. The summed E-state index contributed by atoms with van der Waals surface area (Å²) in [6.07, 6.45) is 0.169. The first-order valence-corrected chi connectivity index (χ1v) is 4.87. The molecule has 1 atom stereocenters. The zero-order chi connectivity index (χ0) is 11.5. The lowest BCUT2D eigenvalue weighted by Crippen LogP contribution is -2.44. The molecule has 0 spiro atoms. The second-order valence-corrected chi connectivity index (χ2v) is 3.50. The van der Waals surface area contributed by atoms with Crippen molar-refractivity contribution < 1.29 is 23.8 Å². The predicted octanol–water partition coefficient (Wildman–Crippen LogP) is 1.08. The number of hydrogen-bond donors (Lipinski definition) is 1. The summed E-state index contributed by atoms with van der Waals surface area (Å²) in [6.45, 7) is 0.661. The number of rotatable bonds is 3. The van der Waals surface area contributed by atoms with Crippen molar-refractivity contribution in [3.05, 3.63) is 24.2 Å². The van der Waals surface area contributed by atoms with Crippen LogP contribution < -0.4 is 0 Å². The van der Waals surface area contributed by atoms with Crippen molar-refractivity contribution in [1.82, 2.24) is 4.90 Å². The van der Waals surface area contributed by atoms with Gasteiger partial charge in [0.05, 0.1) is 12.8 Å². The Kier molecular flexibility index (Phi) is 2.80. The first-order valence-electron chi connectivity index (χ1n) is 4.87. The molecule has 0 bridgehead atoms. The number of carboxylic acid groups (broad SMARTS) is 1. The number of aliphatic carboxylic acids is 1. The van der Waals surface area contributed by atoms with Crippen LogP contribution in [0.2, 0.25) is 0 Å². The summed E-state index contributed by atoms with van der Waals surface area (Å²) in [5, 5.41) is 8.68. The fraction of sp³-hybridized carbons (Fsp3) is 0.400. The van der Waals surface area contributed by atoms with E-state index in [1.165, 1.54) is 11.2 Å². The van der Waals surface area contributed by atoms with Crippen LogP contribution >= 0.6 is 0 Å². The first-order chi connectivity index (χ1) is 7.66. The highest BCUT2D eigenvalue weighted by Gasteiger charge is 2.31. The molecule has 2 rings (SSSR count). The Morgan fingerprint density at radius 3 is 3.00 bits per heavy atom. The summed E-state index contributed by atoms with van der Waals surface area (Å²) in [4.78, 5) is 23.5. The van der Waals surface area contributed by atoms with Gasteiger partial charge in [-0.2, -0.15) is 0 Å². The second kappa shape index (κ2) is 4.26. The van der Waals surface area contributed by atoms with Crippen LogP contribution in [0.25, 0.3) is 0 Å². The van der Waals surface area contributed by atoms with Crippen LogP contribution in [0.4, 0.5) is 4.79 Å². The van der Waals surface area contributed by atoms with Gasteiger partial charge < -0.3 is 19.2 Å². The number of nitrogens with zero attached hydrogens (tertiary/aromatic N) is 1. The average Bonchev–Trinajstić information content (AvgIpc) is 2.73. The van der Waals surface area contributed by atoms with Gasteiger partial charge in [0, 0.05) is 13.0 Å². The normalized spacial score (nSPS) is 20.6. The predicted molar refractivity (Wildman–Crippen MR) is 51.6 cm³/mol. The number of amides is 1. The second-order valence-electron chi connectivity index (χ2n) is 3.50. The van der Waals surface area contributed by atoms with Gasteiger partial charge in [-0.1, -0.05) is 0 Å². The van der Waals surface area contributed by atoms with Crippen molar-refractivity contribution in [3.8, 4) is 0 Å². The molecule has 6 nitrogen and oxygen atoms in total. The Labute approximate surface area is 91.4 Å². The molecular formula is C10H11NO5. The van der Waals surface area contributed by atoms with Crippen LogP contribution in [0, 0.1) is 0 Å². The van der Waals surface area contributed by atoms with Gasteiger partial charge in [-0.15, -0.1) is 0 Å². The van der Waals surface area contributed by atoms with E-state index in [-0.39, 0.29) is 0 Å². The number of furan rings is 1. The van der Waals surface area contributed by atoms with Gasteiger partial charge >= 0.3 is 12.1 Å². The topological polar surface area (TPSA) is 80.0 Å². The molecule has 6 heteroatoms. The maximum atomic E-state index is 11.4. The van der Waals surface area contributed by atoms with Crippen LogP contribution in [0.5, 0.6) is 0 Å². The molecule has 0 aromatic carbocycles. The van der Waals surface area contributed by atoms with E-state index in [9.17, 15) is 9.59 Å². The molecule has 1 aliphatic rings. The molecule has 1 unspecified atom stereocenters. The van der Waals surface area contributed by atoms with E-state index in [4.69, 9.17) is 14.3 Å². The molecule has 1 amide bonds. The fourth-order valence-corrected chi connectivity index (χ4v) is 1.53. The van der Waals surface area contributed by atoms with E-state index >= 15 is 0 Å². The molecule has 1 aliphatic heterocycles. The Bertz CT molecular complexity index is 386. The Morgan fingerprint density at radius 2 is 2.44 bits per heavy atom. The first kappa shape index (κ1) is 10.5. The smallest absolute Gasteiger partial charge is 0.411 e. The third kappa shape index (κ3) is 2.16. The van der Waals surface area contributed by atoms with Crippen LogP contribution in [0.15, 0.2) is 22.8 Å². The highest BCUT2D eigenvalue weighted by molar-refractivity contribution is 5.78. The largest absolute Gasteiger partial charge is 0.479 e. The monoisotopic (exact) mass is 225 g/mol. The summed E-state index contributed by atoms with van der Waals surface area (Å²) in [6, 6.07) is 3.47. The molecular weight excluding hydrogens is 214 g/mol. The minimum absolute atomic E-state index is 0.293. The van der Waals surface area contributed by atoms with Crippen molar-refractivity contribution in [2.75, 3.05) is 6.54 Å². The van der Waals surface area contributed by atoms with Gasteiger partial charge in [0.15, 0.2) is 0 Å². The fourth-order valence-electron chi connectivity index (χ4n) is 1.53. The molecule has 0 saturated carbocycles. The van der Waals surface area contributed by atoms with Crippen LogP contribution in [-0.2, 0) is 16.1 Å². The van der Waals surface area contributed by atoms with Crippen molar-refractivity contribution in [3.63, 3.8) is 0 Å². The third-order valence-electron chi connectivity index (χ3n) is 2.36. The molecule has 1 N–H and O–H groups in total. The zero-order valence-electron chi connectivity index (χ0n) is 8.46. The third-order valence-corrected chi connectivity index (χ3v) is 2.36. The van der Waals surface area contributed by atoms with E-state index < -0.39 is 18.2 Å². The van der Waals surface area contributed by atoms with E-state index in [0.29, 0.717) is 25.3 Å². The molecule has 1 saturated heterocycles. The van der Waals surface area contributed by atoms with Gasteiger partial charge in [0.1, 0.15) is 5.76 Å². The number of carbonyl (C=O) groups excluding carboxylic acids is 1. The van der Waals surface area contributed by atoms with E-state index in [1.807, 2.05) is 0 Å². The van der Waals surface area contributed by atoms with Gasteiger partial charge in [-0.25, -0.2) is 9.59 Å². The van der Waals surface area contributed by atoms with Gasteiger partial charge in [-0.3, -0.25) is 0 Å². The minimum atomic E-state index is -1.11. The lowest BCUT2D eigenvalue weighted by atomic mass is 10.2. The van der Waals surface area contributed by atoms with E-state index in [2.05, 4.69) is 0 Å². The zero-order valence-corrected chi connectivity index (χ0v) is 8.46. The lowest BCUT2D eigenvalue weighted by Gasteiger charge is -2.29. The summed E-state index contributed by atoms with van der Waals surface area (Å²) >= 11 is 0. The number of ether oxygens (including phenoxy) is 1. The number of hydrogen-bond acceptors (Lipinski definition) is 4. The quantitative estimate of drug-likeness (QED) is 0.832. The van der Waals surface area contributed by atoms with Crippen molar-refractivity contribution >= 4 is 12.1 Å². The maximum absolute atomic E-state index is 11.4. The van der Waals surface area contributed by atoms with Gasteiger partial charge in [0.25, 0.3) is 0 Å². The Morgan fingerprint density at radius 1 is 1.62 bits per heavy atom. The highest BCUT2D eigenvalue weighted by atomic mass is 16.6. The summed E-state index contributed by atoms with van der Waals surface area (Å²) in [5.41, 5.74) is 0. The number of carbonyl (C=O) groups is 2. The standard InChI is InChI=1S/C10H11NO5/c12-9(13)8-3-4-11(10(14)16-8)6-7-2-1-5-15-7/h1-2,5,8H,3-4,6H2,(H,12,13). The Balaban J connectivity index is 1.94. The van der Waals surface area contributed by atoms with Gasteiger partial charge in [-0.05, 0) is 12.1 Å². The molecule has 1 fully saturated rings. The van der Waals surface area contributed by atoms with Crippen molar-refractivity contribution in [2.45, 2.75) is 19.1 Å². The minimum Gasteiger partial charge on any atom is -0.479 e. The summed E-state index contributed by atoms with van der Waals surface area (Å²) in [5.74, 6) is -0.461. The lowest BCUT2D eigenvalue weighted by molar-refractivity contribution is -0.149.